The van der Waals surface area contributed by atoms with Crippen LogP contribution in [0.15, 0.2) is 42.5 Å². The topological polar surface area (TPSA) is 41.1 Å². The van der Waals surface area contributed by atoms with Crippen LogP contribution < -0.4 is 10.6 Å². The number of anilines is 1. The van der Waals surface area contributed by atoms with Crippen molar-refractivity contribution in [3.05, 3.63) is 65.2 Å². The maximum atomic E-state index is 13.6. The number of hydrogen-bond acceptors (Lipinski definition) is 2. The van der Waals surface area contributed by atoms with Crippen molar-refractivity contribution in [2.75, 3.05) is 11.9 Å². The Balaban J connectivity index is 1.90. The molecule has 0 saturated carbocycles. The van der Waals surface area contributed by atoms with Gasteiger partial charge in [0, 0.05) is 17.3 Å². The van der Waals surface area contributed by atoms with Gasteiger partial charge in [0.15, 0.2) is 0 Å². The molecule has 2 rings (SSSR count). The van der Waals surface area contributed by atoms with Crippen molar-refractivity contribution in [3.8, 4) is 0 Å². The molecule has 1 atom stereocenters. The van der Waals surface area contributed by atoms with Crippen LogP contribution in [0.25, 0.3) is 0 Å². The van der Waals surface area contributed by atoms with E-state index in [2.05, 4.69) is 10.6 Å². The van der Waals surface area contributed by atoms with Gasteiger partial charge in [-0.3, -0.25) is 4.79 Å². The number of halogens is 2. The second-order valence-corrected chi connectivity index (χ2v) is 5.14. The van der Waals surface area contributed by atoms with Gasteiger partial charge in [0.25, 0.3) is 0 Å². The summed E-state index contributed by atoms with van der Waals surface area (Å²) in [7, 11) is 0. The SMILES string of the molecule is Cc1ccc(NC(=O)CNC(C)c2ccccc2F)cc1F. The Labute approximate surface area is 128 Å². The van der Waals surface area contributed by atoms with Crippen molar-refractivity contribution in [2.24, 2.45) is 0 Å². The van der Waals surface area contributed by atoms with Crippen LogP contribution >= 0.6 is 0 Å². The molecule has 2 aromatic rings. The summed E-state index contributed by atoms with van der Waals surface area (Å²) >= 11 is 0. The molecular weight excluding hydrogens is 286 g/mol. The molecule has 1 amide bonds. The molecule has 0 fully saturated rings. The summed E-state index contributed by atoms with van der Waals surface area (Å²) in [4.78, 5) is 11.8. The minimum atomic E-state index is -0.370. The van der Waals surface area contributed by atoms with Gasteiger partial charge in [-0.15, -0.1) is 0 Å². The summed E-state index contributed by atoms with van der Waals surface area (Å²) in [5.41, 5.74) is 1.41. The number of benzene rings is 2. The lowest BCUT2D eigenvalue weighted by atomic mass is 10.1. The molecule has 0 radical (unpaired) electrons. The van der Waals surface area contributed by atoms with Gasteiger partial charge in [0.05, 0.1) is 6.54 Å². The van der Waals surface area contributed by atoms with Crippen molar-refractivity contribution in [1.29, 1.82) is 0 Å². The van der Waals surface area contributed by atoms with Gasteiger partial charge >= 0.3 is 0 Å². The zero-order valence-corrected chi connectivity index (χ0v) is 12.5. The van der Waals surface area contributed by atoms with Crippen LogP contribution in [0.4, 0.5) is 14.5 Å². The fraction of sp³-hybridized carbons (Fsp3) is 0.235. The molecule has 2 N–H and O–H groups in total. The molecule has 0 aliphatic heterocycles. The molecule has 0 saturated heterocycles. The predicted octanol–water partition coefficient (Wildman–Crippen LogP) is 3.56. The van der Waals surface area contributed by atoms with Crippen LogP contribution in [0.5, 0.6) is 0 Å². The highest BCUT2D eigenvalue weighted by Gasteiger charge is 2.11. The van der Waals surface area contributed by atoms with Gasteiger partial charge in [-0.05, 0) is 37.6 Å². The number of carbonyl (C=O) groups excluding carboxylic acids is 1. The first-order chi connectivity index (χ1) is 10.5. The Kier molecular flexibility index (Phi) is 5.22. The van der Waals surface area contributed by atoms with E-state index in [0.717, 1.165) is 0 Å². The first kappa shape index (κ1) is 16.1. The zero-order chi connectivity index (χ0) is 16.1. The number of aryl methyl sites for hydroxylation is 1. The summed E-state index contributed by atoms with van der Waals surface area (Å²) in [5.74, 6) is -1.000. The molecule has 22 heavy (non-hydrogen) atoms. The van der Waals surface area contributed by atoms with Crippen LogP contribution in [0.2, 0.25) is 0 Å². The molecule has 2 aromatic carbocycles. The Morgan fingerprint density at radius 3 is 2.55 bits per heavy atom. The molecule has 5 heteroatoms. The van der Waals surface area contributed by atoms with Crippen LogP contribution in [0.1, 0.15) is 24.1 Å². The van der Waals surface area contributed by atoms with E-state index in [9.17, 15) is 13.6 Å². The highest BCUT2D eigenvalue weighted by atomic mass is 19.1. The number of amides is 1. The van der Waals surface area contributed by atoms with E-state index in [0.29, 0.717) is 16.8 Å². The number of rotatable bonds is 5. The highest BCUT2D eigenvalue weighted by Crippen LogP contribution is 2.16. The predicted molar refractivity (Wildman–Crippen MR) is 82.6 cm³/mol. The minimum absolute atomic E-state index is 0.00496. The van der Waals surface area contributed by atoms with Crippen LogP contribution in [0.3, 0.4) is 0 Å². The fourth-order valence-electron chi connectivity index (χ4n) is 2.06. The van der Waals surface area contributed by atoms with E-state index in [1.54, 1.807) is 44.2 Å². The molecule has 0 aromatic heterocycles. The molecule has 0 bridgehead atoms. The molecule has 1 unspecified atom stereocenters. The number of carbonyl (C=O) groups is 1. The summed E-state index contributed by atoms with van der Waals surface area (Å²) in [5, 5.41) is 5.54. The monoisotopic (exact) mass is 304 g/mol. The Morgan fingerprint density at radius 1 is 1.14 bits per heavy atom. The van der Waals surface area contributed by atoms with Gasteiger partial charge in [-0.2, -0.15) is 0 Å². The van der Waals surface area contributed by atoms with E-state index in [-0.39, 0.29) is 30.1 Å². The third-order valence-electron chi connectivity index (χ3n) is 3.40. The zero-order valence-electron chi connectivity index (χ0n) is 12.5. The normalized spacial score (nSPS) is 12.0. The summed E-state index contributed by atoms with van der Waals surface area (Å²) in [6.45, 7) is 3.43. The largest absolute Gasteiger partial charge is 0.325 e. The average Bonchev–Trinajstić information content (AvgIpc) is 2.49. The minimum Gasteiger partial charge on any atom is -0.325 e. The van der Waals surface area contributed by atoms with E-state index < -0.39 is 0 Å². The van der Waals surface area contributed by atoms with Gasteiger partial charge in [-0.1, -0.05) is 24.3 Å². The van der Waals surface area contributed by atoms with Gasteiger partial charge in [-0.25, -0.2) is 8.78 Å². The smallest absolute Gasteiger partial charge is 0.238 e. The van der Waals surface area contributed by atoms with Gasteiger partial charge < -0.3 is 10.6 Å². The summed E-state index contributed by atoms with van der Waals surface area (Å²) < 4.78 is 27.0. The van der Waals surface area contributed by atoms with Crippen LogP contribution in [0, 0.1) is 18.6 Å². The Hall–Kier alpha value is -2.27. The van der Waals surface area contributed by atoms with E-state index >= 15 is 0 Å². The summed E-state index contributed by atoms with van der Waals surface area (Å²) in [6.07, 6.45) is 0. The van der Waals surface area contributed by atoms with E-state index in [4.69, 9.17) is 0 Å². The maximum Gasteiger partial charge on any atom is 0.238 e. The van der Waals surface area contributed by atoms with Gasteiger partial charge in [0.2, 0.25) is 5.91 Å². The highest BCUT2D eigenvalue weighted by molar-refractivity contribution is 5.92. The van der Waals surface area contributed by atoms with Gasteiger partial charge in [0.1, 0.15) is 11.6 Å². The second kappa shape index (κ2) is 7.13. The first-order valence-electron chi connectivity index (χ1n) is 7.01. The standard InChI is InChI=1S/C17H18F2N2O/c1-11-7-8-13(9-16(11)19)21-17(22)10-20-12(2)14-5-3-4-6-15(14)18/h3-9,12,20H,10H2,1-2H3,(H,21,22). The molecule has 0 heterocycles. The third-order valence-corrected chi connectivity index (χ3v) is 3.40. The first-order valence-corrected chi connectivity index (χ1v) is 7.01. The van der Waals surface area contributed by atoms with Crippen molar-refractivity contribution >= 4 is 11.6 Å². The lowest BCUT2D eigenvalue weighted by molar-refractivity contribution is -0.115. The molecular formula is C17H18F2N2O. The van der Waals surface area contributed by atoms with Crippen LogP contribution in [-0.2, 0) is 4.79 Å². The van der Waals surface area contributed by atoms with Crippen LogP contribution in [-0.4, -0.2) is 12.5 Å². The quantitative estimate of drug-likeness (QED) is 0.887. The Bertz CT molecular complexity index is 673. The second-order valence-electron chi connectivity index (χ2n) is 5.14. The molecule has 0 aliphatic carbocycles. The lowest BCUT2D eigenvalue weighted by Gasteiger charge is -2.15. The number of nitrogens with one attached hydrogen (secondary N) is 2. The summed E-state index contributed by atoms with van der Waals surface area (Å²) in [6, 6.07) is 10.6. The van der Waals surface area contributed by atoms with Crippen molar-refractivity contribution < 1.29 is 13.6 Å². The average molecular weight is 304 g/mol. The maximum absolute atomic E-state index is 13.6. The molecule has 116 valence electrons. The molecule has 0 spiro atoms. The molecule has 3 nitrogen and oxygen atoms in total. The van der Waals surface area contributed by atoms with Crippen molar-refractivity contribution in [1.82, 2.24) is 5.32 Å². The van der Waals surface area contributed by atoms with Crippen molar-refractivity contribution in [2.45, 2.75) is 19.9 Å². The lowest BCUT2D eigenvalue weighted by Crippen LogP contribution is -2.30. The third kappa shape index (κ3) is 4.11. The Morgan fingerprint density at radius 2 is 1.86 bits per heavy atom. The van der Waals surface area contributed by atoms with E-state index in [1.165, 1.54) is 12.1 Å². The number of hydrogen-bond donors (Lipinski definition) is 2. The van der Waals surface area contributed by atoms with E-state index in [1.807, 2.05) is 0 Å². The van der Waals surface area contributed by atoms with Crippen molar-refractivity contribution in [3.63, 3.8) is 0 Å². The molecule has 0 aliphatic rings. The fourth-order valence-corrected chi connectivity index (χ4v) is 2.06.